The van der Waals surface area contributed by atoms with Crippen LogP contribution in [0.5, 0.6) is 5.75 Å². The lowest BCUT2D eigenvalue weighted by Gasteiger charge is -2.45. The van der Waals surface area contributed by atoms with Crippen LogP contribution in [0.15, 0.2) is 84.9 Å². The lowest BCUT2D eigenvalue weighted by Crippen LogP contribution is -2.32. The molecule has 3 aromatic carbocycles. The molecule has 2 nitrogen and oxygen atoms in total. The topological polar surface area (TPSA) is 37.3 Å². The van der Waals surface area contributed by atoms with Gasteiger partial charge in [-0.2, -0.15) is 0 Å². The summed E-state index contributed by atoms with van der Waals surface area (Å²) < 4.78 is 0. The molecule has 0 aromatic heterocycles. The third-order valence-electron chi connectivity index (χ3n) is 11.1. The quantitative estimate of drug-likeness (QED) is 0.226. The molecule has 2 atom stereocenters. The van der Waals surface area contributed by atoms with E-state index in [1.54, 1.807) is 6.07 Å². The fourth-order valence-corrected chi connectivity index (χ4v) is 8.35. The first kappa shape index (κ1) is 28.0. The van der Waals surface area contributed by atoms with E-state index in [2.05, 4.69) is 55.1 Å². The highest BCUT2D eigenvalue weighted by Gasteiger charge is 2.39. The van der Waals surface area contributed by atoms with Crippen LogP contribution in [0.2, 0.25) is 0 Å². The highest BCUT2D eigenvalue weighted by molar-refractivity contribution is 5.62. The summed E-state index contributed by atoms with van der Waals surface area (Å²) in [4.78, 5) is 12.4. The number of para-hydroxylation sites is 1. The van der Waals surface area contributed by atoms with Gasteiger partial charge in [-0.25, -0.2) is 0 Å². The van der Waals surface area contributed by atoms with E-state index in [0.717, 1.165) is 43.6 Å². The number of phenolic OH excluding ortho intramolecular Hbond substituents is 1. The third-order valence-corrected chi connectivity index (χ3v) is 11.1. The van der Waals surface area contributed by atoms with E-state index in [-0.39, 0.29) is 5.92 Å². The van der Waals surface area contributed by atoms with Gasteiger partial charge in [0.15, 0.2) is 0 Å². The van der Waals surface area contributed by atoms with Crippen molar-refractivity contribution >= 4 is 6.29 Å². The zero-order valence-electron chi connectivity index (χ0n) is 24.6. The molecule has 3 aliphatic rings. The standard InChI is InChI=1S/C39H46O2/c1-28(23-35-9-5-6-10-38(35)41)33-13-11-31-12-14-34(26-36(31)25-33)37(27-40)24-29-15-19-39(20-16-29)21-17-32(18-22-39)30-7-3-2-4-8-30/h2-10,12,14,26-27,29,32-33,37,41H,1,11,13,15-25H2. The zero-order chi connectivity index (χ0) is 28.2. The Labute approximate surface area is 246 Å². The molecule has 3 aliphatic carbocycles. The average Bonchev–Trinajstić information content (AvgIpc) is 3.02. The number of carbonyl (C=O) groups is 1. The fourth-order valence-electron chi connectivity index (χ4n) is 8.35. The van der Waals surface area contributed by atoms with Gasteiger partial charge in [0.1, 0.15) is 12.0 Å². The van der Waals surface area contributed by atoms with Gasteiger partial charge in [-0.3, -0.25) is 0 Å². The predicted molar refractivity (Wildman–Crippen MR) is 168 cm³/mol. The summed E-state index contributed by atoms with van der Waals surface area (Å²) in [6.07, 6.45) is 16.7. The van der Waals surface area contributed by atoms with Gasteiger partial charge in [0.2, 0.25) is 0 Å². The third kappa shape index (κ3) is 6.37. The summed E-state index contributed by atoms with van der Waals surface area (Å²) in [5.41, 5.74) is 8.26. The second-order valence-electron chi connectivity index (χ2n) is 13.5. The molecular weight excluding hydrogens is 500 g/mol. The van der Waals surface area contributed by atoms with Crippen molar-refractivity contribution in [3.8, 4) is 5.75 Å². The molecular formula is C39H46O2. The lowest BCUT2D eigenvalue weighted by molar-refractivity contribution is -0.109. The number of allylic oxidation sites excluding steroid dienone is 1. The molecule has 3 aromatic rings. The highest BCUT2D eigenvalue weighted by Crippen LogP contribution is 2.53. The number of fused-ring (bicyclic) bond motifs is 1. The number of rotatable bonds is 8. The monoisotopic (exact) mass is 546 g/mol. The van der Waals surface area contributed by atoms with Gasteiger partial charge in [0, 0.05) is 5.92 Å². The number of hydrogen-bond donors (Lipinski definition) is 1. The largest absolute Gasteiger partial charge is 0.508 e. The number of hydrogen-bond acceptors (Lipinski definition) is 2. The van der Waals surface area contributed by atoms with E-state index in [4.69, 9.17) is 0 Å². The van der Waals surface area contributed by atoms with Crippen molar-refractivity contribution in [1.29, 1.82) is 0 Å². The molecule has 41 heavy (non-hydrogen) atoms. The molecule has 2 saturated carbocycles. The Kier molecular flexibility index (Phi) is 8.47. The van der Waals surface area contributed by atoms with Gasteiger partial charge in [-0.05, 0) is 141 Å². The van der Waals surface area contributed by atoms with Crippen LogP contribution >= 0.6 is 0 Å². The van der Waals surface area contributed by atoms with Crippen LogP contribution in [-0.2, 0) is 24.1 Å². The Bertz CT molecular complexity index is 1340. The minimum atomic E-state index is -0.00184. The molecule has 0 heterocycles. The molecule has 0 amide bonds. The van der Waals surface area contributed by atoms with Crippen molar-refractivity contribution in [3.63, 3.8) is 0 Å². The maximum absolute atomic E-state index is 12.4. The Morgan fingerprint density at radius 3 is 2.32 bits per heavy atom. The van der Waals surface area contributed by atoms with Crippen LogP contribution in [0.1, 0.15) is 104 Å². The molecule has 0 saturated heterocycles. The summed E-state index contributed by atoms with van der Waals surface area (Å²) in [5.74, 6) is 2.17. The van der Waals surface area contributed by atoms with Crippen molar-refractivity contribution in [3.05, 3.63) is 113 Å². The highest BCUT2D eigenvalue weighted by atomic mass is 16.3. The number of aromatic hydroxyl groups is 1. The van der Waals surface area contributed by atoms with Gasteiger partial charge >= 0.3 is 0 Å². The Hall–Kier alpha value is -3.13. The molecule has 6 rings (SSSR count). The first-order valence-corrected chi connectivity index (χ1v) is 16.1. The number of phenols is 1. The van der Waals surface area contributed by atoms with Gasteiger partial charge < -0.3 is 9.90 Å². The van der Waals surface area contributed by atoms with Crippen molar-refractivity contribution in [2.45, 2.75) is 95.3 Å². The van der Waals surface area contributed by atoms with E-state index in [1.807, 2.05) is 18.2 Å². The minimum Gasteiger partial charge on any atom is -0.508 e. The molecule has 2 heteroatoms. The number of benzene rings is 3. The van der Waals surface area contributed by atoms with Gasteiger partial charge in [0.25, 0.3) is 0 Å². The Morgan fingerprint density at radius 1 is 0.878 bits per heavy atom. The van der Waals surface area contributed by atoms with E-state index in [0.29, 0.717) is 23.0 Å². The molecule has 0 bridgehead atoms. The van der Waals surface area contributed by atoms with E-state index in [1.165, 1.54) is 85.5 Å². The smallest absolute Gasteiger partial charge is 0.127 e. The van der Waals surface area contributed by atoms with Crippen LogP contribution in [0, 0.1) is 17.3 Å². The van der Waals surface area contributed by atoms with Crippen molar-refractivity contribution in [2.75, 3.05) is 0 Å². The molecule has 214 valence electrons. The Balaban J connectivity index is 1.04. The van der Waals surface area contributed by atoms with Gasteiger partial charge in [0.05, 0.1) is 0 Å². The zero-order valence-corrected chi connectivity index (χ0v) is 24.6. The van der Waals surface area contributed by atoms with Crippen LogP contribution in [0.3, 0.4) is 0 Å². The van der Waals surface area contributed by atoms with Crippen LogP contribution < -0.4 is 0 Å². The maximum Gasteiger partial charge on any atom is 0.127 e. The number of aldehydes is 1. The van der Waals surface area contributed by atoms with Crippen LogP contribution in [0.25, 0.3) is 0 Å². The van der Waals surface area contributed by atoms with Crippen LogP contribution in [0.4, 0.5) is 0 Å². The molecule has 0 radical (unpaired) electrons. The first-order valence-electron chi connectivity index (χ1n) is 16.1. The van der Waals surface area contributed by atoms with Crippen molar-refractivity contribution in [1.82, 2.24) is 0 Å². The Morgan fingerprint density at radius 2 is 1.59 bits per heavy atom. The second-order valence-corrected chi connectivity index (χ2v) is 13.5. The summed E-state index contributed by atoms with van der Waals surface area (Å²) >= 11 is 0. The maximum atomic E-state index is 12.4. The molecule has 0 aliphatic heterocycles. The average molecular weight is 547 g/mol. The molecule has 1 N–H and O–H groups in total. The van der Waals surface area contributed by atoms with E-state index >= 15 is 0 Å². The van der Waals surface area contributed by atoms with Gasteiger partial charge in [-0.1, -0.05) is 78.9 Å². The van der Waals surface area contributed by atoms with Gasteiger partial charge in [-0.15, -0.1) is 0 Å². The summed E-state index contributed by atoms with van der Waals surface area (Å²) in [5, 5.41) is 10.2. The minimum absolute atomic E-state index is 0.00184. The number of carbonyl (C=O) groups excluding carboxylic acids is 1. The summed E-state index contributed by atoms with van der Waals surface area (Å²) in [6.45, 7) is 4.43. The van der Waals surface area contributed by atoms with E-state index in [9.17, 15) is 9.90 Å². The molecule has 2 fully saturated rings. The fraction of sp³-hybridized carbons (Fsp3) is 0.462. The SMILES string of the molecule is C=C(Cc1ccccc1O)C1CCc2ccc(C(C=O)CC3CCC4(CC3)CCC(c3ccccc3)CC4)cc2C1. The normalized spacial score (nSPS) is 26.7. The van der Waals surface area contributed by atoms with Crippen molar-refractivity contribution < 1.29 is 9.90 Å². The first-order chi connectivity index (χ1) is 20.0. The number of aryl methyl sites for hydroxylation is 1. The molecule has 2 unspecified atom stereocenters. The predicted octanol–water partition coefficient (Wildman–Crippen LogP) is 9.50. The lowest BCUT2D eigenvalue weighted by atomic mass is 9.60. The second kappa shape index (κ2) is 12.4. The van der Waals surface area contributed by atoms with Crippen molar-refractivity contribution in [2.24, 2.45) is 17.3 Å². The molecule has 1 spiro atoms. The summed E-state index contributed by atoms with van der Waals surface area (Å²) in [7, 11) is 0. The van der Waals surface area contributed by atoms with Crippen LogP contribution in [-0.4, -0.2) is 11.4 Å². The van der Waals surface area contributed by atoms with E-state index < -0.39 is 0 Å². The summed E-state index contributed by atoms with van der Waals surface area (Å²) in [6, 6.07) is 25.6.